The summed E-state index contributed by atoms with van der Waals surface area (Å²) in [6, 6.07) is 5.32. The van der Waals surface area contributed by atoms with E-state index in [9.17, 15) is 8.78 Å². The number of imidazole rings is 1. The molecular formula is C28H32F2N8. The second-order valence-corrected chi connectivity index (χ2v) is 10.7. The van der Waals surface area contributed by atoms with Gasteiger partial charge in [0.2, 0.25) is 5.95 Å². The van der Waals surface area contributed by atoms with Gasteiger partial charge in [0.1, 0.15) is 23.0 Å². The SMILES string of the molecule is Cc1nc2c(F)cc(-c3cc(Nc4ncc(CN5CC6NCCC[C@H]6C5)cn4)ncc3F)cc2n1C(C)C. The average Bonchev–Trinajstić information content (AvgIpc) is 3.46. The van der Waals surface area contributed by atoms with E-state index in [0.717, 1.165) is 43.9 Å². The molecule has 0 spiro atoms. The van der Waals surface area contributed by atoms with Crippen molar-refractivity contribution in [3.8, 4) is 11.1 Å². The highest BCUT2D eigenvalue weighted by Gasteiger charge is 2.34. The van der Waals surface area contributed by atoms with Crippen LogP contribution >= 0.6 is 0 Å². The van der Waals surface area contributed by atoms with Crippen LogP contribution < -0.4 is 10.6 Å². The number of likely N-dealkylation sites (tertiary alicyclic amines) is 1. The molecule has 0 aliphatic carbocycles. The van der Waals surface area contributed by atoms with Gasteiger partial charge in [-0.25, -0.2) is 28.7 Å². The van der Waals surface area contributed by atoms with Crippen molar-refractivity contribution in [2.45, 2.75) is 52.2 Å². The highest BCUT2D eigenvalue weighted by Crippen LogP contribution is 2.32. The molecule has 4 aromatic rings. The summed E-state index contributed by atoms with van der Waals surface area (Å²) in [6.07, 6.45) is 7.30. The first-order chi connectivity index (χ1) is 18.4. The molecule has 1 unspecified atom stereocenters. The molecule has 2 N–H and O–H groups in total. The van der Waals surface area contributed by atoms with Gasteiger partial charge in [-0.05, 0) is 69.8 Å². The second-order valence-electron chi connectivity index (χ2n) is 10.7. The molecule has 0 saturated carbocycles. The molecule has 6 rings (SSSR count). The Hall–Kier alpha value is -3.50. The molecule has 2 aliphatic rings. The lowest BCUT2D eigenvalue weighted by Gasteiger charge is -2.24. The van der Waals surface area contributed by atoms with Crippen molar-refractivity contribution in [1.29, 1.82) is 0 Å². The molecule has 10 heteroatoms. The van der Waals surface area contributed by atoms with Crippen LogP contribution in [0.15, 0.2) is 36.8 Å². The van der Waals surface area contributed by atoms with Gasteiger partial charge in [-0.15, -0.1) is 0 Å². The third-order valence-electron chi connectivity index (χ3n) is 7.63. The van der Waals surface area contributed by atoms with Crippen LogP contribution in [0.2, 0.25) is 0 Å². The fourth-order valence-electron chi connectivity index (χ4n) is 5.94. The van der Waals surface area contributed by atoms with Gasteiger partial charge < -0.3 is 15.2 Å². The molecule has 5 heterocycles. The van der Waals surface area contributed by atoms with Crippen LogP contribution in [0.4, 0.5) is 20.5 Å². The van der Waals surface area contributed by atoms with E-state index >= 15 is 0 Å². The molecule has 2 aliphatic heterocycles. The molecule has 38 heavy (non-hydrogen) atoms. The Labute approximate surface area is 220 Å². The second kappa shape index (κ2) is 9.99. The maximum absolute atomic E-state index is 15.0. The Bertz CT molecular complexity index is 1450. The van der Waals surface area contributed by atoms with Crippen molar-refractivity contribution < 1.29 is 8.78 Å². The van der Waals surface area contributed by atoms with Gasteiger partial charge >= 0.3 is 0 Å². The number of nitrogens with zero attached hydrogens (tertiary/aromatic N) is 6. The molecule has 198 valence electrons. The minimum Gasteiger partial charge on any atom is -0.326 e. The molecule has 0 radical (unpaired) electrons. The fraction of sp³-hybridized carbons (Fsp3) is 0.429. The molecule has 2 saturated heterocycles. The lowest BCUT2D eigenvalue weighted by atomic mass is 9.94. The Morgan fingerprint density at radius 2 is 1.87 bits per heavy atom. The van der Waals surface area contributed by atoms with Crippen molar-refractivity contribution in [2.24, 2.45) is 5.92 Å². The van der Waals surface area contributed by atoms with E-state index in [1.165, 1.54) is 18.9 Å². The zero-order valence-corrected chi connectivity index (χ0v) is 21.9. The van der Waals surface area contributed by atoms with Crippen molar-refractivity contribution >= 4 is 22.8 Å². The maximum atomic E-state index is 15.0. The van der Waals surface area contributed by atoms with Crippen LogP contribution in [0.5, 0.6) is 0 Å². The summed E-state index contributed by atoms with van der Waals surface area (Å²) in [5.41, 5.74) is 2.60. The number of pyridine rings is 1. The zero-order valence-electron chi connectivity index (χ0n) is 21.9. The molecule has 3 aromatic heterocycles. The van der Waals surface area contributed by atoms with Gasteiger partial charge in [-0.1, -0.05) is 0 Å². The normalized spacial score (nSPS) is 19.8. The number of nitrogens with one attached hydrogen (secondary N) is 2. The Morgan fingerprint density at radius 3 is 2.63 bits per heavy atom. The van der Waals surface area contributed by atoms with Crippen LogP contribution in [-0.2, 0) is 6.54 Å². The predicted molar refractivity (Wildman–Crippen MR) is 143 cm³/mol. The molecule has 0 amide bonds. The summed E-state index contributed by atoms with van der Waals surface area (Å²) in [5.74, 6) is 1.15. The standard InChI is InChI=1S/C28H32F2N8/c1-16(2)38-17(3)35-27-22(29)7-20(8-25(27)38)21-9-26(32-12-23(21)30)36-28-33-10-18(11-34-28)13-37-14-19-5-4-6-31-24(19)15-37/h7-12,16,19,24,31H,4-6,13-15H2,1-3H3,(H,32,33,34,36)/t19-,24?/m0/s1. The average molecular weight is 519 g/mol. The smallest absolute Gasteiger partial charge is 0.228 e. The van der Waals surface area contributed by atoms with Crippen molar-refractivity contribution in [3.05, 3.63) is 59.8 Å². The summed E-state index contributed by atoms with van der Waals surface area (Å²) >= 11 is 0. The third-order valence-corrected chi connectivity index (χ3v) is 7.63. The largest absolute Gasteiger partial charge is 0.326 e. The number of piperidine rings is 1. The number of hydrogen-bond donors (Lipinski definition) is 2. The minimum absolute atomic E-state index is 0.0838. The van der Waals surface area contributed by atoms with Gasteiger partial charge in [-0.2, -0.15) is 0 Å². The van der Waals surface area contributed by atoms with Gasteiger partial charge in [0.25, 0.3) is 0 Å². The van der Waals surface area contributed by atoms with Crippen LogP contribution in [0, 0.1) is 24.5 Å². The monoisotopic (exact) mass is 518 g/mol. The highest BCUT2D eigenvalue weighted by molar-refractivity contribution is 5.84. The Balaban J connectivity index is 1.20. The predicted octanol–water partition coefficient (Wildman–Crippen LogP) is 4.98. The summed E-state index contributed by atoms with van der Waals surface area (Å²) in [4.78, 5) is 19.9. The van der Waals surface area contributed by atoms with Gasteiger partial charge in [0, 0.05) is 55.2 Å². The van der Waals surface area contributed by atoms with E-state index in [1.807, 2.05) is 37.7 Å². The van der Waals surface area contributed by atoms with E-state index in [0.29, 0.717) is 34.7 Å². The van der Waals surface area contributed by atoms with Crippen LogP contribution in [0.25, 0.3) is 22.2 Å². The first-order valence-corrected chi connectivity index (χ1v) is 13.2. The number of aromatic nitrogens is 5. The molecular weight excluding hydrogens is 486 g/mol. The van der Waals surface area contributed by atoms with E-state index in [-0.39, 0.29) is 17.1 Å². The van der Waals surface area contributed by atoms with E-state index in [1.54, 1.807) is 12.1 Å². The third kappa shape index (κ3) is 4.74. The van der Waals surface area contributed by atoms with E-state index in [4.69, 9.17) is 0 Å². The number of hydrogen-bond acceptors (Lipinski definition) is 7. The fourth-order valence-corrected chi connectivity index (χ4v) is 5.94. The summed E-state index contributed by atoms with van der Waals surface area (Å²) in [6.45, 7) is 9.94. The highest BCUT2D eigenvalue weighted by atomic mass is 19.1. The van der Waals surface area contributed by atoms with Crippen molar-refractivity contribution in [2.75, 3.05) is 25.0 Å². The van der Waals surface area contributed by atoms with Gasteiger partial charge in [0.05, 0.1) is 11.7 Å². The van der Waals surface area contributed by atoms with Gasteiger partial charge in [0.15, 0.2) is 5.82 Å². The van der Waals surface area contributed by atoms with E-state index in [2.05, 4.69) is 35.5 Å². The first kappa shape index (κ1) is 24.8. The first-order valence-electron chi connectivity index (χ1n) is 13.2. The molecule has 2 fully saturated rings. The molecule has 1 aromatic carbocycles. The van der Waals surface area contributed by atoms with Gasteiger partial charge in [-0.3, -0.25) is 4.90 Å². The summed E-state index contributed by atoms with van der Waals surface area (Å²) < 4.78 is 31.8. The Morgan fingerprint density at radius 1 is 1.05 bits per heavy atom. The Kier molecular flexibility index (Phi) is 6.53. The lowest BCUT2D eigenvalue weighted by Crippen LogP contribution is -2.40. The van der Waals surface area contributed by atoms with Crippen molar-refractivity contribution in [3.63, 3.8) is 0 Å². The molecule has 2 atom stereocenters. The lowest BCUT2D eigenvalue weighted by molar-refractivity contribution is 0.312. The molecule has 0 bridgehead atoms. The van der Waals surface area contributed by atoms with Crippen LogP contribution in [0.3, 0.4) is 0 Å². The number of fused-ring (bicyclic) bond motifs is 2. The number of halogens is 2. The minimum atomic E-state index is -0.543. The van der Waals surface area contributed by atoms with Crippen LogP contribution in [-0.4, -0.2) is 55.1 Å². The van der Waals surface area contributed by atoms with E-state index < -0.39 is 11.6 Å². The van der Waals surface area contributed by atoms with Crippen LogP contribution in [0.1, 0.15) is 44.1 Å². The maximum Gasteiger partial charge on any atom is 0.228 e. The number of rotatable bonds is 6. The summed E-state index contributed by atoms with van der Waals surface area (Å²) in [5, 5.41) is 6.69. The molecule has 8 nitrogen and oxygen atoms in total. The zero-order chi connectivity index (χ0) is 26.4. The van der Waals surface area contributed by atoms with Crippen molar-refractivity contribution in [1.82, 2.24) is 34.7 Å². The summed E-state index contributed by atoms with van der Waals surface area (Å²) in [7, 11) is 0. The quantitative estimate of drug-likeness (QED) is 0.372. The number of aryl methyl sites for hydroxylation is 1. The number of benzene rings is 1. The topological polar surface area (TPSA) is 83.8 Å². The number of anilines is 2.